The lowest BCUT2D eigenvalue weighted by molar-refractivity contribution is 0.538. The summed E-state index contributed by atoms with van der Waals surface area (Å²) in [6, 6.07) is 4.56. The second-order valence-corrected chi connectivity index (χ2v) is 6.85. The van der Waals surface area contributed by atoms with Crippen LogP contribution in [0.2, 0.25) is 0 Å². The molecule has 110 valence electrons. The van der Waals surface area contributed by atoms with Gasteiger partial charge in [0.1, 0.15) is 0 Å². The fraction of sp³-hybridized carbons (Fsp3) is 0.737. The Balaban J connectivity index is 1.82. The molecule has 2 saturated carbocycles. The predicted octanol–water partition coefficient (Wildman–Crippen LogP) is 5.96. The lowest BCUT2D eigenvalue weighted by atomic mass is 9.84. The van der Waals surface area contributed by atoms with Crippen molar-refractivity contribution in [2.45, 2.75) is 88.9 Å². The number of nitrogens with zero attached hydrogens (tertiary/aromatic N) is 1. The predicted molar refractivity (Wildman–Crippen MR) is 85.1 cm³/mol. The van der Waals surface area contributed by atoms with Gasteiger partial charge in [-0.05, 0) is 43.2 Å². The maximum Gasteiger partial charge on any atom is 0.0469 e. The fourth-order valence-electron chi connectivity index (χ4n) is 4.26. The summed E-state index contributed by atoms with van der Waals surface area (Å²) in [5.74, 6) is 1.54. The van der Waals surface area contributed by atoms with Crippen molar-refractivity contribution in [3.8, 4) is 0 Å². The summed E-state index contributed by atoms with van der Waals surface area (Å²) >= 11 is 0. The lowest BCUT2D eigenvalue weighted by Gasteiger charge is -2.22. The standard InChI is InChI=1S/C19H29N/c1-2-6-11-16(10-5-1)18-14-9-15-20-19(18)17-12-7-3-4-8-13-17/h9,14-17H,1-8,10-13H2. The zero-order valence-corrected chi connectivity index (χ0v) is 12.8. The third-order valence-electron chi connectivity index (χ3n) is 5.41. The monoisotopic (exact) mass is 271 g/mol. The van der Waals surface area contributed by atoms with Gasteiger partial charge in [-0.25, -0.2) is 0 Å². The highest BCUT2D eigenvalue weighted by Crippen LogP contribution is 2.38. The smallest absolute Gasteiger partial charge is 0.0469 e. The van der Waals surface area contributed by atoms with E-state index in [1.165, 1.54) is 82.7 Å². The van der Waals surface area contributed by atoms with Gasteiger partial charge >= 0.3 is 0 Å². The van der Waals surface area contributed by atoms with Gasteiger partial charge in [-0.1, -0.05) is 57.4 Å². The highest BCUT2D eigenvalue weighted by Gasteiger charge is 2.23. The Morgan fingerprint density at radius 2 is 1.25 bits per heavy atom. The fourth-order valence-corrected chi connectivity index (χ4v) is 4.26. The van der Waals surface area contributed by atoms with Crippen molar-refractivity contribution in [2.75, 3.05) is 0 Å². The molecule has 0 aliphatic heterocycles. The zero-order valence-electron chi connectivity index (χ0n) is 12.8. The van der Waals surface area contributed by atoms with Crippen LogP contribution in [0.15, 0.2) is 18.3 Å². The van der Waals surface area contributed by atoms with Crippen molar-refractivity contribution in [3.05, 3.63) is 29.6 Å². The van der Waals surface area contributed by atoms with Crippen LogP contribution in [0, 0.1) is 0 Å². The van der Waals surface area contributed by atoms with Crippen LogP contribution in [0.1, 0.15) is 100 Å². The minimum Gasteiger partial charge on any atom is -0.261 e. The van der Waals surface area contributed by atoms with E-state index in [-0.39, 0.29) is 0 Å². The molecule has 0 amide bonds. The van der Waals surface area contributed by atoms with Gasteiger partial charge in [0, 0.05) is 17.8 Å². The minimum absolute atomic E-state index is 0.747. The first-order chi connectivity index (χ1) is 9.95. The van der Waals surface area contributed by atoms with Crippen molar-refractivity contribution < 1.29 is 0 Å². The SMILES string of the molecule is c1cnc(C2CCCCCC2)c(C2CCCCCC2)c1. The molecule has 1 nitrogen and oxygen atoms in total. The molecule has 0 radical (unpaired) electrons. The van der Waals surface area contributed by atoms with Gasteiger partial charge in [0.15, 0.2) is 0 Å². The van der Waals surface area contributed by atoms with E-state index < -0.39 is 0 Å². The molecule has 0 atom stereocenters. The van der Waals surface area contributed by atoms with Gasteiger partial charge in [-0.3, -0.25) is 4.98 Å². The van der Waals surface area contributed by atoms with Gasteiger partial charge in [0.05, 0.1) is 0 Å². The molecule has 1 heteroatoms. The molecule has 0 aromatic carbocycles. The van der Waals surface area contributed by atoms with E-state index in [1.54, 1.807) is 5.56 Å². The molecule has 2 aliphatic carbocycles. The number of aromatic nitrogens is 1. The highest BCUT2D eigenvalue weighted by molar-refractivity contribution is 5.27. The Labute approximate surface area is 124 Å². The molecule has 1 aromatic rings. The van der Waals surface area contributed by atoms with Crippen LogP contribution in [-0.2, 0) is 0 Å². The molecule has 0 unspecified atom stereocenters. The molecular weight excluding hydrogens is 242 g/mol. The summed E-state index contributed by atoms with van der Waals surface area (Å²) in [4.78, 5) is 4.85. The van der Waals surface area contributed by atoms with Gasteiger partial charge in [0.25, 0.3) is 0 Å². The van der Waals surface area contributed by atoms with Crippen LogP contribution in [0.5, 0.6) is 0 Å². The van der Waals surface area contributed by atoms with Crippen molar-refractivity contribution >= 4 is 0 Å². The van der Waals surface area contributed by atoms with Crippen molar-refractivity contribution in [3.63, 3.8) is 0 Å². The topological polar surface area (TPSA) is 12.9 Å². The molecule has 2 aliphatic rings. The van der Waals surface area contributed by atoms with Crippen LogP contribution in [0.3, 0.4) is 0 Å². The van der Waals surface area contributed by atoms with E-state index in [2.05, 4.69) is 12.1 Å². The normalized spacial score (nSPS) is 23.2. The summed E-state index contributed by atoms with van der Waals surface area (Å²) < 4.78 is 0. The first kappa shape index (κ1) is 14.1. The maximum absolute atomic E-state index is 4.85. The van der Waals surface area contributed by atoms with E-state index in [9.17, 15) is 0 Å². The second kappa shape index (κ2) is 7.24. The Hall–Kier alpha value is -0.850. The summed E-state index contributed by atoms with van der Waals surface area (Å²) in [6.07, 6.45) is 19.0. The maximum atomic E-state index is 4.85. The molecule has 20 heavy (non-hydrogen) atoms. The number of hydrogen-bond donors (Lipinski definition) is 0. The van der Waals surface area contributed by atoms with Crippen LogP contribution in [0.25, 0.3) is 0 Å². The van der Waals surface area contributed by atoms with E-state index >= 15 is 0 Å². The quantitative estimate of drug-likeness (QED) is 0.605. The third kappa shape index (κ3) is 3.42. The third-order valence-corrected chi connectivity index (χ3v) is 5.41. The Morgan fingerprint density at radius 1 is 0.700 bits per heavy atom. The zero-order chi connectivity index (χ0) is 13.6. The summed E-state index contributed by atoms with van der Waals surface area (Å²) in [7, 11) is 0. The molecule has 3 rings (SSSR count). The number of pyridine rings is 1. The van der Waals surface area contributed by atoms with Crippen LogP contribution in [-0.4, -0.2) is 4.98 Å². The largest absolute Gasteiger partial charge is 0.261 e. The average Bonchev–Trinajstić information content (AvgIpc) is 2.92. The Kier molecular flexibility index (Phi) is 5.11. The molecule has 0 saturated heterocycles. The molecule has 2 fully saturated rings. The Bertz CT molecular complexity index is 357. The van der Waals surface area contributed by atoms with Gasteiger partial charge in [0.2, 0.25) is 0 Å². The van der Waals surface area contributed by atoms with Crippen molar-refractivity contribution in [1.29, 1.82) is 0 Å². The second-order valence-electron chi connectivity index (χ2n) is 6.85. The summed E-state index contributed by atoms with van der Waals surface area (Å²) in [5, 5.41) is 0. The van der Waals surface area contributed by atoms with Crippen LogP contribution < -0.4 is 0 Å². The number of hydrogen-bond acceptors (Lipinski definition) is 1. The number of rotatable bonds is 2. The van der Waals surface area contributed by atoms with E-state index in [1.807, 2.05) is 6.20 Å². The van der Waals surface area contributed by atoms with E-state index in [0.29, 0.717) is 0 Å². The van der Waals surface area contributed by atoms with Gasteiger partial charge in [-0.2, -0.15) is 0 Å². The van der Waals surface area contributed by atoms with E-state index in [4.69, 9.17) is 4.98 Å². The Morgan fingerprint density at radius 3 is 1.85 bits per heavy atom. The summed E-state index contributed by atoms with van der Waals surface area (Å²) in [5.41, 5.74) is 3.09. The molecular formula is C19H29N. The van der Waals surface area contributed by atoms with Gasteiger partial charge < -0.3 is 0 Å². The summed E-state index contributed by atoms with van der Waals surface area (Å²) in [6.45, 7) is 0. The minimum atomic E-state index is 0.747. The molecule has 0 N–H and O–H groups in total. The first-order valence-electron chi connectivity index (χ1n) is 8.90. The van der Waals surface area contributed by atoms with E-state index in [0.717, 1.165) is 11.8 Å². The molecule has 1 aromatic heterocycles. The van der Waals surface area contributed by atoms with Crippen molar-refractivity contribution in [2.24, 2.45) is 0 Å². The average molecular weight is 271 g/mol. The van der Waals surface area contributed by atoms with Gasteiger partial charge in [-0.15, -0.1) is 0 Å². The lowest BCUT2D eigenvalue weighted by Crippen LogP contribution is -2.09. The highest BCUT2D eigenvalue weighted by atomic mass is 14.7. The first-order valence-corrected chi connectivity index (χ1v) is 8.90. The van der Waals surface area contributed by atoms with Crippen molar-refractivity contribution in [1.82, 2.24) is 4.98 Å². The molecule has 0 spiro atoms. The molecule has 1 heterocycles. The van der Waals surface area contributed by atoms with Crippen LogP contribution >= 0.6 is 0 Å². The molecule has 0 bridgehead atoms. The van der Waals surface area contributed by atoms with Crippen LogP contribution in [0.4, 0.5) is 0 Å².